The lowest BCUT2D eigenvalue weighted by Crippen LogP contribution is -2.46. The Morgan fingerprint density at radius 3 is 2.54 bits per heavy atom. The first-order chi connectivity index (χ1) is 17.5. The number of rotatable bonds is 10. The van der Waals surface area contributed by atoms with E-state index in [4.69, 9.17) is 33.7 Å². The van der Waals surface area contributed by atoms with Crippen molar-refractivity contribution in [3.05, 3.63) is 60.4 Å². The van der Waals surface area contributed by atoms with Crippen LogP contribution >= 0.6 is 7.75 Å². The molecule has 37 heavy (non-hydrogen) atoms. The van der Waals surface area contributed by atoms with Gasteiger partial charge in [-0.3, -0.25) is 14.1 Å². The SMILES string of the molecule is COC(=O)[C@H](C)NP(=O)(OC[C@H]1O[C@@H]([n+]2cccc(C(N)=O)c2)[C@H]2OC(C)(C)OC12)Oc1ccccc1. The second-order valence-electron chi connectivity index (χ2n) is 9.11. The second-order valence-corrected chi connectivity index (χ2v) is 10.8. The molecule has 0 spiro atoms. The van der Waals surface area contributed by atoms with E-state index >= 15 is 0 Å². The van der Waals surface area contributed by atoms with Crippen molar-refractivity contribution in [3.8, 4) is 5.75 Å². The van der Waals surface area contributed by atoms with E-state index in [0.29, 0.717) is 5.56 Å². The predicted octanol–water partition coefficient (Wildman–Crippen LogP) is 1.85. The van der Waals surface area contributed by atoms with Crippen LogP contribution in [0.1, 0.15) is 37.4 Å². The number of primary amides is 1. The molecule has 2 aliphatic rings. The molecule has 200 valence electrons. The highest BCUT2D eigenvalue weighted by Crippen LogP contribution is 2.47. The van der Waals surface area contributed by atoms with Gasteiger partial charge < -0.3 is 29.2 Å². The van der Waals surface area contributed by atoms with Crippen molar-refractivity contribution in [3.63, 3.8) is 0 Å². The van der Waals surface area contributed by atoms with Crippen LogP contribution < -0.4 is 19.9 Å². The first-order valence-electron chi connectivity index (χ1n) is 11.7. The highest BCUT2D eigenvalue weighted by Gasteiger charge is 2.59. The number of pyridine rings is 1. The van der Waals surface area contributed by atoms with Crippen molar-refractivity contribution in [1.82, 2.24) is 5.09 Å². The van der Waals surface area contributed by atoms with Crippen molar-refractivity contribution >= 4 is 19.6 Å². The lowest BCUT2D eigenvalue weighted by atomic mass is 10.1. The van der Waals surface area contributed by atoms with Crippen LogP contribution in [-0.2, 0) is 32.8 Å². The molecule has 3 heterocycles. The van der Waals surface area contributed by atoms with Crippen molar-refractivity contribution in [1.29, 1.82) is 0 Å². The zero-order valence-corrected chi connectivity index (χ0v) is 21.8. The number of carbonyl (C=O) groups excluding carboxylic acids is 2. The fourth-order valence-corrected chi connectivity index (χ4v) is 5.68. The van der Waals surface area contributed by atoms with Gasteiger partial charge in [-0.05, 0) is 39.0 Å². The van der Waals surface area contributed by atoms with E-state index in [1.807, 2.05) is 0 Å². The highest BCUT2D eigenvalue weighted by atomic mass is 31.2. The Balaban J connectivity index is 1.55. The summed E-state index contributed by atoms with van der Waals surface area (Å²) in [5.41, 5.74) is 5.73. The number of para-hydroxylation sites is 1. The number of esters is 1. The molecule has 0 aliphatic carbocycles. The number of ether oxygens (including phenoxy) is 4. The van der Waals surface area contributed by atoms with E-state index in [1.54, 1.807) is 73.3 Å². The Labute approximate surface area is 214 Å². The van der Waals surface area contributed by atoms with Crippen molar-refractivity contribution in [2.45, 2.75) is 57.1 Å². The number of nitrogens with one attached hydrogen (secondary N) is 1. The molecule has 2 saturated heterocycles. The molecule has 2 fully saturated rings. The third-order valence-electron chi connectivity index (χ3n) is 5.81. The summed E-state index contributed by atoms with van der Waals surface area (Å²) >= 11 is 0. The van der Waals surface area contributed by atoms with Crippen LogP contribution in [0.5, 0.6) is 5.75 Å². The molecule has 4 rings (SSSR count). The van der Waals surface area contributed by atoms with Gasteiger partial charge in [0.15, 0.2) is 24.3 Å². The fraction of sp³-hybridized carbons (Fsp3) is 0.458. The van der Waals surface area contributed by atoms with E-state index < -0.39 is 56.0 Å². The number of benzene rings is 1. The molecule has 6 atom stereocenters. The molecule has 1 aromatic carbocycles. The summed E-state index contributed by atoms with van der Waals surface area (Å²) in [6.07, 6.45) is 0.710. The topological polar surface area (TPSA) is 149 Å². The van der Waals surface area contributed by atoms with Crippen LogP contribution in [0.2, 0.25) is 0 Å². The standard InChI is InChI=1S/C24H30N3O9P/c1-15(23(29)31-4)26-37(30,36-17-10-6-5-7-11-17)32-14-18-19-20(35-24(2,3)34-19)22(33-18)27-12-8-9-16(13-27)21(25)28/h5-13,15,18-20,22H,14H2,1-4H3,(H2-,25,26,28,30)/p+1/t15-,18+,19?,20-,22+,37?/m0/s1. The predicted molar refractivity (Wildman–Crippen MR) is 128 cm³/mol. The lowest BCUT2D eigenvalue weighted by Gasteiger charge is -2.25. The van der Waals surface area contributed by atoms with Gasteiger partial charge in [-0.1, -0.05) is 18.2 Å². The number of hydrogen-bond donors (Lipinski definition) is 2. The van der Waals surface area contributed by atoms with Gasteiger partial charge in [0.05, 0.1) is 13.7 Å². The third-order valence-corrected chi connectivity index (χ3v) is 7.45. The first-order valence-corrected chi connectivity index (χ1v) is 13.2. The van der Waals surface area contributed by atoms with Crippen LogP contribution in [0.15, 0.2) is 54.9 Å². The maximum absolute atomic E-state index is 13.7. The third kappa shape index (κ3) is 6.35. The average molecular weight is 536 g/mol. The van der Waals surface area contributed by atoms with Gasteiger partial charge in [0.2, 0.25) is 0 Å². The van der Waals surface area contributed by atoms with E-state index in [2.05, 4.69) is 5.09 Å². The summed E-state index contributed by atoms with van der Waals surface area (Å²) < 4.78 is 49.9. The summed E-state index contributed by atoms with van der Waals surface area (Å²) in [6.45, 7) is 4.80. The fourth-order valence-electron chi connectivity index (χ4n) is 4.18. The van der Waals surface area contributed by atoms with E-state index in [1.165, 1.54) is 14.0 Å². The van der Waals surface area contributed by atoms with Gasteiger partial charge in [-0.2, -0.15) is 9.65 Å². The Hall–Kier alpha value is -2.86. The number of nitrogens with zero attached hydrogens (tertiary/aromatic N) is 1. The van der Waals surface area contributed by atoms with Crippen molar-refractivity contribution in [2.24, 2.45) is 5.73 Å². The summed E-state index contributed by atoms with van der Waals surface area (Å²) in [7, 11) is -2.87. The number of fused-ring (bicyclic) bond motifs is 1. The summed E-state index contributed by atoms with van der Waals surface area (Å²) in [5.74, 6) is -1.87. The number of amides is 1. The van der Waals surface area contributed by atoms with Gasteiger partial charge >= 0.3 is 13.7 Å². The lowest BCUT2D eigenvalue weighted by molar-refractivity contribution is -0.766. The monoisotopic (exact) mass is 536 g/mol. The maximum Gasteiger partial charge on any atom is 0.459 e. The number of nitrogens with two attached hydrogens (primary N) is 1. The van der Waals surface area contributed by atoms with Gasteiger partial charge in [0.1, 0.15) is 29.6 Å². The Morgan fingerprint density at radius 1 is 1.16 bits per heavy atom. The van der Waals surface area contributed by atoms with Crippen LogP contribution in [0.4, 0.5) is 0 Å². The zero-order valence-electron chi connectivity index (χ0n) is 20.9. The van der Waals surface area contributed by atoms with E-state index in [9.17, 15) is 14.2 Å². The number of aromatic nitrogens is 1. The smallest absolute Gasteiger partial charge is 0.459 e. The van der Waals surface area contributed by atoms with Crippen LogP contribution in [0.3, 0.4) is 0 Å². The molecule has 0 saturated carbocycles. The van der Waals surface area contributed by atoms with Gasteiger partial charge in [0.25, 0.3) is 12.1 Å². The van der Waals surface area contributed by atoms with Crippen LogP contribution in [-0.4, -0.2) is 55.7 Å². The summed E-state index contributed by atoms with van der Waals surface area (Å²) in [6, 6.07) is 10.7. The molecule has 13 heteroatoms. The van der Waals surface area contributed by atoms with E-state index in [0.717, 1.165) is 0 Å². The molecule has 1 aromatic heterocycles. The molecule has 1 amide bonds. The first kappa shape index (κ1) is 27.2. The second kappa shape index (κ2) is 10.9. The molecule has 0 bridgehead atoms. The number of methoxy groups -OCH3 is 1. The molecule has 12 nitrogen and oxygen atoms in total. The Kier molecular flexibility index (Phi) is 7.98. The minimum absolute atomic E-state index is 0.224. The molecule has 2 aromatic rings. The van der Waals surface area contributed by atoms with E-state index in [-0.39, 0.29) is 12.4 Å². The van der Waals surface area contributed by atoms with Gasteiger partial charge in [0, 0.05) is 6.07 Å². The van der Waals surface area contributed by atoms with Crippen molar-refractivity contribution in [2.75, 3.05) is 13.7 Å². The molecule has 2 unspecified atom stereocenters. The number of hydrogen-bond acceptors (Lipinski definition) is 9. The number of carbonyl (C=O) groups is 2. The molecular weight excluding hydrogens is 505 g/mol. The molecule has 2 aliphatic heterocycles. The normalized spacial score (nSPS) is 26.6. The summed E-state index contributed by atoms with van der Waals surface area (Å²) in [5, 5.41) is 2.61. The quantitative estimate of drug-likeness (QED) is 0.262. The average Bonchev–Trinajstić information content (AvgIpc) is 3.35. The highest BCUT2D eigenvalue weighted by molar-refractivity contribution is 7.52. The van der Waals surface area contributed by atoms with Crippen LogP contribution in [0.25, 0.3) is 0 Å². The van der Waals surface area contributed by atoms with Gasteiger partial charge in [-0.25, -0.2) is 4.57 Å². The molecule has 0 radical (unpaired) electrons. The minimum Gasteiger partial charge on any atom is -0.468 e. The zero-order chi connectivity index (χ0) is 26.8. The largest absolute Gasteiger partial charge is 0.468 e. The minimum atomic E-state index is -4.09. The molecular formula is C24H31N3O9P+. The summed E-state index contributed by atoms with van der Waals surface area (Å²) in [4.78, 5) is 23.7. The van der Waals surface area contributed by atoms with Crippen molar-refractivity contribution < 1.29 is 46.7 Å². The maximum atomic E-state index is 13.7. The van der Waals surface area contributed by atoms with Crippen LogP contribution in [0, 0.1) is 0 Å². The molecule has 3 N–H and O–H groups in total. The Morgan fingerprint density at radius 2 is 1.86 bits per heavy atom. The Bertz CT molecular complexity index is 1180. The van der Waals surface area contributed by atoms with Gasteiger partial charge in [-0.15, -0.1) is 0 Å².